The average molecular weight is 487 g/mol. The van der Waals surface area contributed by atoms with E-state index in [2.05, 4.69) is 10.3 Å². The van der Waals surface area contributed by atoms with E-state index in [1.807, 2.05) is 13.0 Å². The number of ether oxygens (including phenoxy) is 1. The Kier molecular flexibility index (Phi) is 7.39. The highest BCUT2D eigenvalue weighted by atomic mass is 16.5. The van der Waals surface area contributed by atoms with Crippen molar-refractivity contribution in [1.29, 1.82) is 0 Å². The maximum atomic E-state index is 13.4. The van der Waals surface area contributed by atoms with Gasteiger partial charge in [0, 0.05) is 24.6 Å². The maximum absolute atomic E-state index is 13.4. The van der Waals surface area contributed by atoms with Gasteiger partial charge in [-0.2, -0.15) is 0 Å². The molecule has 2 heterocycles. The molecule has 0 saturated carbocycles. The van der Waals surface area contributed by atoms with Gasteiger partial charge in [0.25, 0.3) is 5.91 Å². The third-order valence-electron chi connectivity index (χ3n) is 5.69. The number of hydrogen-bond donors (Lipinski definition) is 1. The number of nitrogens with one attached hydrogen (secondary N) is 1. The molecule has 1 N–H and O–H groups in total. The molecule has 0 unspecified atom stereocenters. The molecule has 1 atom stereocenters. The molecule has 0 spiro atoms. The van der Waals surface area contributed by atoms with Gasteiger partial charge in [-0.15, -0.1) is 0 Å². The second-order valence-electron chi connectivity index (χ2n) is 8.35. The van der Waals surface area contributed by atoms with Crippen molar-refractivity contribution >= 4 is 35.2 Å². The van der Waals surface area contributed by atoms with Crippen LogP contribution in [-0.4, -0.2) is 46.3 Å². The van der Waals surface area contributed by atoms with Crippen LogP contribution < -0.4 is 10.2 Å². The molecule has 4 rings (SSSR count). The van der Waals surface area contributed by atoms with Crippen molar-refractivity contribution in [3.05, 3.63) is 89.7 Å². The molecule has 9 heteroatoms. The van der Waals surface area contributed by atoms with Gasteiger partial charge in [0.15, 0.2) is 0 Å². The summed E-state index contributed by atoms with van der Waals surface area (Å²) in [5.74, 6) is -1.45. The first-order valence-corrected chi connectivity index (χ1v) is 11.5. The largest absolute Gasteiger partial charge is 0.462 e. The Bertz CT molecular complexity index is 1290. The lowest BCUT2D eigenvalue weighted by molar-refractivity contribution is -0.124. The van der Waals surface area contributed by atoms with E-state index in [9.17, 15) is 19.2 Å². The van der Waals surface area contributed by atoms with Crippen molar-refractivity contribution < 1.29 is 23.9 Å². The number of aromatic nitrogens is 1. The first kappa shape index (κ1) is 24.6. The number of carbonyl (C=O) groups is 4. The van der Waals surface area contributed by atoms with Crippen LogP contribution in [0.1, 0.15) is 34.8 Å². The fourth-order valence-corrected chi connectivity index (χ4v) is 4.03. The number of aryl methyl sites for hydroxylation is 1. The predicted molar refractivity (Wildman–Crippen MR) is 133 cm³/mol. The van der Waals surface area contributed by atoms with E-state index in [0.29, 0.717) is 16.9 Å². The number of carbonyl (C=O) groups excluding carboxylic acids is 4. The molecule has 1 aromatic heterocycles. The molecule has 9 nitrogen and oxygen atoms in total. The van der Waals surface area contributed by atoms with Gasteiger partial charge in [-0.3, -0.25) is 14.6 Å². The predicted octanol–water partition coefficient (Wildman–Crippen LogP) is 3.93. The van der Waals surface area contributed by atoms with Gasteiger partial charge in [-0.05, 0) is 61.4 Å². The van der Waals surface area contributed by atoms with E-state index in [1.165, 1.54) is 11.0 Å². The number of nitrogens with zero attached hydrogens (tertiary/aromatic N) is 3. The highest BCUT2D eigenvalue weighted by Crippen LogP contribution is 2.29. The number of esters is 1. The van der Waals surface area contributed by atoms with E-state index in [1.54, 1.807) is 67.8 Å². The van der Waals surface area contributed by atoms with Gasteiger partial charge in [-0.1, -0.05) is 24.3 Å². The van der Waals surface area contributed by atoms with E-state index >= 15 is 0 Å². The summed E-state index contributed by atoms with van der Waals surface area (Å²) >= 11 is 0. The zero-order valence-corrected chi connectivity index (χ0v) is 20.0. The normalized spacial score (nSPS) is 15.2. The zero-order chi connectivity index (χ0) is 25.7. The lowest BCUT2D eigenvalue weighted by Gasteiger charge is -2.21. The Labute approximate surface area is 208 Å². The van der Waals surface area contributed by atoms with E-state index in [-0.39, 0.29) is 19.6 Å². The van der Waals surface area contributed by atoms with Crippen LogP contribution in [0.5, 0.6) is 0 Å². The van der Waals surface area contributed by atoms with Crippen molar-refractivity contribution in [3.8, 4) is 0 Å². The Morgan fingerprint density at radius 3 is 2.58 bits per heavy atom. The van der Waals surface area contributed by atoms with Gasteiger partial charge < -0.3 is 15.0 Å². The topological polar surface area (TPSA) is 109 Å². The lowest BCUT2D eigenvalue weighted by atomic mass is 10.1. The quantitative estimate of drug-likeness (QED) is 0.382. The molecule has 4 amide bonds. The van der Waals surface area contributed by atoms with Crippen LogP contribution in [0, 0.1) is 6.92 Å². The van der Waals surface area contributed by atoms with Gasteiger partial charge in [-0.25, -0.2) is 14.5 Å². The summed E-state index contributed by atoms with van der Waals surface area (Å²) in [6.45, 7) is 3.94. The summed E-state index contributed by atoms with van der Waals surface area (Å²) in [6.07, 6.45) is 2.98. The van der Waals surface area contributed by atoms with Crippen molar-refractivity contribution in [2.45, 2.75) is 32.9 Å². The molecular weight excluding hydrogens is 460 g/mol. The first-order chi connectivity index (χ1) is 17.4. The Morgan fingerprint density at radius 2 is 1.86 bits per heavy atom. The van der Waals surface area contributed by atoms with Crippen LogP contribution in [-0.2, 0) is 20.9 Å². The molecule has 3 aromatic rings. The average Bonchev–Trinajstić information content (AvgIpc) is 3.08. The molecule has 184 valence electrons. The molecule has 36 heavy (non-hydrogen) atoms. The monoisotopic (exact) mass is 486 g/mol. The summed E-state index contributed by atoms with van der Waals surface area (Å²) < 4.78 is 5.00. The van der Waals surface area contributed by atoms with Gasteiger partial charge >= 0.3 is 12.0 Å². The Hall–Kier alpha value is -4.53. The van der Waals surface area contributed by atoms with Crippen molar-refractivity contribution in [2.75, 3.05) is 16.8 Å². The number of pyridine rings is 1. The SMILES string of the molecule is CCOC(=O)c1cccc(NC(=O)C[C@H]2C(=O)N(c3cccc(C)c3)C(=O)N2Cc2cccnc2)c1. The van der Waals surface area contributed by atoms with E-state index in [4.69, 9.17) is 4.74 Å². The van der Waals surface area contributed by atoms with E-state index in [0.717, 1.165) is 16.0 Å². The molecule has 2 aromatic carbocycles. The minimum absolute atomic E-state index is 0.122. The highest BCUT2D eigenvalue weighted by molar-refractivity contribution is 6.22. The second kappa shape index (κ2) is 10.8. The first-order valence-electron chi connectivity index (χ1n) is 11.5. The van der Waals surface area contributed by atoms with Crippen LogP contribution in [0.15, 0.2) is 73.1 Å². The molecule has 0 bridgehead atoms. The standard InChI is InChI=1S/C27H26N4O5/c1-3-36-26(34)20-9-5-10-21(14-20)29-24(32)15-23-25(33)31(22-11-4-7-18(2)13-22)27(35)30(23)17-19-8-6-12-28-16-19/h4-14,16,23H,3,15,17H2,1-2H3,(H,29,32)/t23-/m0/s1. The van der Waals surface area contributed by atoms with Crippen LogP contribution in [0.25, 0.3) is 0 Å². The van der Waals surface area contributed by atoms with Crippen LogP contribution >= 0.6 is 0 Å². The molecule has 1 fully saturated rings. The summed E-state index contributed by atoms with van der Waals surface area (Å²) in [5, 5.41) is 2.72. The number of amides is 4. The molecule has 0 aliphatic carbocycles. The van der Waals surface area contributed by atoms with Gasteiger partial charge in [0.2, 0.25) is 5.91 Å². The Morgan fingerprint density at radius 1 is 1.06 bits per heavy atom. The molecule has 1 saturated heterocycles. The van der Waals surface area contributed by atoms with Gasteiger partial charge in [0.05, 0.1) is 24.3 Å². The van der Waals surface area contributed by atoms with Crippen molar-refractivity contribution in [1.82, 2.24) is 9.88 Å². The summed E-state index contributed by atoms with van der Waals surface area (Å²) in [5.41, 5.74) is 2.76. The molecule has 1 aliphatic heterocycles. The van der Waals surface area contributed by atoms with Gasteiger partial charge in [0.1, 0.15) is 6.04 Å². The number of urea groups is 1. The minimum Gasteiger partial charge on any atom is -0.462 e. The summed E-state index contributed by atoms with van der Waals surface area (Å²) in [6, 6.07) is 15.5. The van der Waals surface area contributed by atoms with Crippen molar-refractivity contribution in [2.24, 2.45) is 0 Å². The smallest absolute Gasteiger partial charge is 0.338 e. The Balaban J connectivity index is 1.57. The number of anilines is 2. The molecule has 1 aliphatic rings. The number of benzene rings is 2. The van der Waals surface area contributed by atoms with Crippen LogP contribution in [0.3, 0.4) is 0 Å². The zero-order valence-electron chi connectivity index (χ0n) is 20.0. The third-order valence-corrected chi connectivity index (χ3v) is 5.69. The number of rotatable bonds is 8. The third kappa shape index (κ3) is 5.41. The fraction of sp³-hybridized carbons (Fsp3) is 0.222. The molecule has 0 radical (unpaired) electrons. The number of hydrogen-bond acceptors (Lipinski definition) is 6. The number of imide groups is 1. The van der Waals surface area contributed by atoms with Crippen molar-refractivity contribution in [3.63, 3.8) is 0 Å². The maximum Gasteiger partial charge on any atom is 0.338 e. The van der Waals surface area contributed by atoms with E-state index < -0.39 is 29.9 Å². The molecular formula is C27H26N4O5. The summed E-state index contributed by atoms with van der Waals surface area (Å²) in [7, 11) is 0. The minimum atomic E-state index is -1.01. The fourth-order valence-electron chi connectivity index (χ4n) is 4.03. The van der Waals surface area contributed by atoms with Crippen LogP contribution in [0.4, 0.5) is 16.2 Å². The lowest BCUT2D eigenvalue weighted by Crippen LogP contribution is -2.37. The summed E-state index contributed by atoms with van der Waals surface area (Å²) in [4.78, 5) is 58.4. The van der Waals surface area contributed by atoms with Crippen LogP contribution in [0.2, 0.25) is 0 Å². The second-order valence-corrected chi connectivity index (χ2v) is 8.35. The highest BCUT2D eigenvalue weighted by Gasteiger charge is 2.46.